The zero-order valence-corrected chi connectivity index (χ0v) is 31.5. The van der Waals surface area contributed by atoms with Gasteiger partial charge in [0.25, 0.3) is 0 Å². The van der Waals surface area contributed by atoms with Gasteiger partial charge in [0.2, 0.25) is 0 Å². The summed E-state index contributed by atoms with van der Waals surface area (Å²) in [6.07, 6.45) is 9.31. The van der Waals surface area contributed by atoms with Gasteiger partial charge in [0, 0.05) is 0 Å². The first-order chi connectivity index (χ1) is 20.0. The Labute approximate surface area is 279 Å². The van der Waals surface area contributed by atoms with E-state index < -0.39 is 0 Å². The molecule has 1 atom stereocenters. The zero-order chi connectivity index (χ0) is 32.2. The summed E-state index contributed by atoms with van der Waals surface area (Å²) >= 11 is 1.47. The normalized spacial score (nSPS) is 15.7. The Morgan fingerprint density at radius 3 is 1.88 bits per heavy atom. The Bertz CT molecular complexity index is 1400. The predicted octanol–water partition coefficient (Wildman–Crippen LogP) is 11.5. The molecular weight excluding hydrogens is 596 g/mol. The Morgan fingerprint density at radius 1 is 0.791 bits per heavy atom. The first-order valence-electron chi connectivity index (χ1n) is 16.1. The Kier molecular flexibility index (Phi) is 11.8. The number of hydrogen-bond acceptors (Lipinski definition) is 0. The van der Waals surface area contributed by atoms with Gasteiger partial charge in [0.05, 0.1) is 0 Å². The fourth-order valence-corrected chi connectivity index (χ4v) is 5.98. The third-order valence-corrected chi connectivity index (χ3v) is 9.24. The van der Waals surface area contributed by atoms with Crippen molar-refractivity contribution >= 4 is 3.71 Å². The molecule has 0 bridgehead atoms. The molecule has 0 N–H and O–H groups in total. The van der Waals surface area contributed by atoms with Crippen LogP contribution in [-0.4, -0.2) is 3.71 Å². The molecule has 0 fully saturated rings. The first kappa shape index (κ1) is 35.4. The number of rotatable bonds is 3. The molecule has 0 aromatic heterocycles. The summed E-state index contributed by atoms with van der Waals surface area (Å²) in [5.74, 6) is 0.573. The molecule has 0 aliphatic heterocycles. The van der Waals surface area contributed by atoms with Crippen molar-refractivity contribution in [2.75, 3.05) is 0 Å². The number of fused-ring (bicyclic) bond motifs is 3. The molecule has 0 amide bonds. The SMILES string of the molecule is CC(C)(C)c1c[c-]c2c(c1)-c1cc(C(C)(C)C)ccc1C2.CCC1=[C-]C(CC)C=C1C(C)(C)C.Cc1ccc([CH]=[Zr+2])cc1. The van der Waals surface area contributed by atoms with Gasteiger partial charge in [-0.15, -0.1) is 5.56 Å². The van der Waals surface area contributed by atoms with Crippen LogP contribution in [0.25, 0.3) is 11.1 Å². The maximum absolute atomic E-state index is 3.57. The minimum atomic E-state index is 0.177. The summed E-state index contributed by atoms with van der Waals surface area (Å²) in [7, 11) is 0. The van der Waals surface area contributed by atoms with Gasteiger partial charge in [-0.3, -0.25) is 6.08 Å². The van der Waals surface area contributed by atoms with Gasteiger partial charge < -0.3 is 0 Å². The molecule has 226 valence electrons. The van der Waals surface area contributed by atoms with Crippen LogP contribution in [0.1, 0.15) is 122 Å². The molecule has 0 saturated carbocycles. The number of aryl methyl sites for hydroxylation is 1. The van der Waals surface area contributed by atoms with Gasteiger partial charge >= 0.3 is 70.3 Å². The molecule has 0 spiro atoms. The van der Waals surface area contributed by atoms with Crippen LogP contribution in [0.4, 0.5) is 0 Å². The van der Waals surface area contributed by atoms with Crippen LogP contribution in [0.3, 0.4) is 0 Å². The molecule has 1 heteroatoms. The van der Waals surface area contributed by atoms with Gasteiger partial charge in [-0.2, -0.15) is 41.0 Å². The predicted molar refractivity (Wildman–Crippen MR) is 186 cm³/mol. The van der Waals surface area contributed by atoms with E-state index in [-0.39, 0.29) is 10.8 Å². The van der Waals surface area contributed by atoms with E-state index in [1.165, 1.54) is 86.3 Å². The van der Waals surface area contributed by atoms with Crippen LogP contribution in [-0.2, 0) is 41.5 Å². The Balaban J connectivity index is 0.000000196. The first-order valence-corrected chi connectivity index (χ1v) is 17.5. The van der Waals surface area contributed by atoms with Crippen molar-refractivity contribution in [1.82, 2.24) is 0 Å². The molecule has 3 aromatic rings. The van der Waals surface area contributed by atoms with Gasteiger partial charge in [-0.25, -0.2) is 5.57 Å². The third kappa shape index (κ3) is 9.44. The second kappa shape index (κ2) is 14.3. The van der Waals surface area contributed by atoms with E-state index >= 15 is 0 Å². The third-order valence-electron chi connectivity index (χ3n) is 8.42. The van der Waals surface area contributed by atoms with Gasteiger partial charge in [0.15, 0.2) is 0 Å². The van der Waals surface area contributed by atoms with E-state index in [1.54, 1.807) is 0 Å². The van der Waals surface area contributed by atoms with E-state index in [0.717, 1.165) is 12.8 Å². The number of allylic oxidation sites excluding steroid dienone is 4. The quantitative estimate of drug-likeness (QED) is 0.194. The molecule has 0 nitrogen and oxygen atoms in total. The van der Waals surface area contributed by atoms with Crippen molar-refractivity contribution in [2.45, 2.75) is 113 Å². The van der Waals surface area contributed by atoms with Crippen LogP contribution < -0.4 is 0 Å². The fraction of sp³-hybridized carbons (Fsp3) is 0.452. The van der Waals surface area contributed by atoms with Crippen molar-refractivity contribution in [3.8, 4) is 11.1 Å². The van der Waals surface area contributed by atoms with Crippen LogP contribution in [0.2, 0.25) is 0 Å². The minimum absolute atomic E-state index is 0.177. The monoisotopic (exact) mass is 648 g/mol. The molecular formula is C42H54Zr. The average molecular weight is 650 g/mol. The van der Waals surface area contributed by atoms with E-state index in [2.05, 4.69) is 160 Å². The van der Waals surface area contributed by atoms with Gasteiger partial charge in [0.1, 0.15) is 0 Å². The standard InChI is InChI=1S/C21H25.C13H21.C8H8.Zr/c1-20(2,3)16-9-7-14-11-15-8-10-17(21(4,5)6)13-19(15)18(14)12-16;1-6-10-8-11(7-2)12(9-10)13(3,4)5;1-7-3-5-8(2)6-4-7;/h7,9-10,12-13H,11H2,1-6H3;9-10H,6-7H2,1-5H3;1,3-6H,2H3;/q2*-1;;+2. The zero-order valence-electron chi connectivity index (χ0n) is 29.0. The average Bonchev–Trinajstić information content (AvgIpc) is 3.54. The molecule has 2 aliphatic rings. The second-order valence-corrected chi connectivity index (χ2v) is 15.9. The molecule has 2 aliphatic carbocycles. The fourth-order valence-electron chi connectivity index (χ4n) is 5.51. The van der Waals surface area contributed by atoms with Crippen molar-refractivity contribution in [1.29, 1.82) is 0 Å². The maximum atomic E-state index is 3.57. The second-order valence-electron chi connectivity index (χ2n) is 15.2. The van der Waals surface area contributed by atoms with Crippen LogP contribution >= 0.6 is 0 Å². The Morgan fingerprint density at radius 2 is 1.40 bits per heavy atom. The number of hydrogen-bond donors (Lipinski definition) is 0. The van der Waals surface area contributed by atoms with Crippen molar-refractivity contribution in [2.24, 2.45) is 11.3 Å². The van der Waals surface area contributed by atoms with Gasteiger partial charge in [-0.1, -0.05) is 135 Å². The molecule has 5 rings (SSSR count). The van der Waals surface area contributed by atoms with Gasteiger partial charge in [-0.05, 0) is 17.4 Å². The summed E-state index contributed by atoms with van der Waals surface area (Å²) in [5.41, 5.74) is 14.7. The van der Waals surface area contributed by atoms with Crippen LogP contribution in [0.15, 0.2) is 71.8 Å². The van der Waals surface area contributed by atoms with Crippen molar-refractivity contribution in [3.63, 3.8) is 0 Å². The summed E-state index contributed by atoms with van der Waals surface area (Å²) in [6.45, 7) is 27.1. The van der Waals surface area contributed by atoms with Crippen molar-refractivity contribution < 1.29 is 24.2 Å². The molecule has 3 aromatic carbocycles. The summed E-state index contributed by atoms with van der Waals surface area (Å²) in [6, 6.07) is 23.6. The van der Waals surface area contributed by atoms with E-state index in [9.17, 15) is 0 Å². The molecule has 0 saturated heterocycles. The summed E-state index contributed by atoms with van der Waals surface area (Å²) in [4.78, 5) is 0. The van der Waals surface area contributed by atoms with E-state index in [1.807, 2.05) is 0 Å². The number of benzene rings is 3. The van der Waals surface area contributed by atoms with E-state index in [4.69, 9.17) is 0 Å². The van der Waals surface area contributed by atoms with E-state index in [0.29, 0.717) is 11.3 Å². The Hall–Kier alpha value is -2.11. The molecule has 43 heavy (non-hydrogen) atoms. The van der Waals surface area contributed by atoms with Crippen LogP contribution in [0.5, 0.6) is 0 Å². The van der Waals surface area contributed by atoms with Crippen molar-refractivity contribution in [3.05, 3.63) is 117 Å². The summed E-state index contributed by atoms with van der Waals surface area (Å²) in [5, 5.41) is 0. The summed E-state index contributed by atoms with van der Waals surface area (Å²) < 4.78 is 2.19. The molecule has 0 radical (unpaired) electrons. The topological polar surface area (TPSA) is 0 Å². The molecule has 1 unspecified atom stereocenters. The van der Waals surface area contributed by atoms with Crippen LogP contribution in [0, 0.1) is 30.4 Å². The molecule has 0 heterocycles.